The molecule has 0 unspecified atom stereocenters. The van der Waals surface area contributed by atoms with Gasteiger partial charge in [-0.3, -0.25) is 4.79 Å². The molecule has 0 radical (unpaired) electrons. The molecular formula is C16H19N5O. The first kappa shape index (κ1) is 15.7. The lowest BCUT2D eigenvalue weighted by Crippen LogP contribution is -2.41. The molecule has 0 aliphatic carbocycles. The summed E-state index contributed by atoms with van der Waals surface area (Å²) in [5.74, 6) is -0.0574. The van der Waals surface area contributed by atoms with Crippen molar-refractivity contribution in [1.29, 1.82) is 5.26 Å². The van der Waals surface area contributed by atoms with Crippen LogP contribution < -0.4 is 5.32 Å². The van der Waals surface area contributed by atoms with Crippen molar-refractivity contribution >= 4 is 5.91 Å². The maximum atomic E-state index is 12.1. The lowest BCUT2D eigenvalue weighted by molar-refractivity contribution is -0.122. The van der Waals surface area contributed by atoms with Crippen molar-refractivity contribution < 1.29 is 4.79 Å². The molecule has 2 rings (SSSR count). The highest BCUT2D eigenvalue weighted by atomic mass is 16.1. The maximum Gasteiger partial charge on any atom is 0.221 e. The van der Waals surface area contributed by atoms with Gasteiger partial charge in [-0.2, -0.15) is 20.3 Å². The van der Waals surface area contributed by atoms with Crippen LogP contribution in [0, 0.1) is 11.3 Å². The fourth-order valence-electron chi connectivity index (χ4n) is 2.20. The van der Waals surface area contributed by atoms with E-state index in [9.17, 15) is 4.79 Å². The molecule has 1 amide bonds. The van der Waals surface area contributed by atoms with Crippen LogP contribution in [-0.2, 0) is 23.8 Å². The van der Waals surface area contributed by atoms with Crippen molar-refractivity contribution in [2.24, 2.45) is 7.05 Å². The number of nitrogens with zero attached hydrogens (tertiary/aromatic N) is 4. The molecule has 1 N–H and O–H groups in total. The van der Waals surface area contributed by atoms with E-state index in [0.717, 1.165) is 11.3 Å². The highest BCUT2D eigenvalue weighted by Gasteiger charge is 2.23. The van der Waals surface area contributed by atoms with Gasteiger partial charge in [0.15, 0.2) is 0 Å². The van der Waals surface area contributed by atoms with E-state index in [4.69, 9.17) is 5.26 Å². The predicted molar refractivity (Wildman–Crippen MR) is 81.6 cm³/mol. The second-order valence-corrected chi connectivity index (χ2v) is 5.69. The van der Waals surface area contributed by atoms with Crippen LogP contribution in [0.2, 0.25) is 0 Å². The van der Waals surface area contributed by atoms with E-state index in [0.29, 0.717) is 18.4 Å². The van der Waals surface area contributed by atoms with Gasteiger partial charge in [0, 0.05) is 19.9 Å². The number of rotatable bonds is 5. The predicted octanol–water partition coefficient (Wildman–Crippen LogP) is 1.67. The Morgan fingerprint density at radius 3 is 2.86 bits per heavy atom. The standard InChI is InChI=1S/C16H19N5O/c1-16(2,13-6-4-5-12(9-13)10-17)19-15(22)8-7-14-11-18-21(3)20-14/h4-6,9,11H,7-8H2,1-3H3,(H,19,22). The SMILES string of the molecule is Cn1ncc(CCC(=O)NC(C)(C)c2cccc(C#N)c2)n1. The van der Waals surface area contributed by atoms with Crippen LogP contribution in [0.5, 0.6) is 0 Å². The molecule has 22 heavy (non-hydrogen) atoms. The lowest BCUT2D eigenvalue weighted by atomic mass is 9.92. The second kappa shape index (κ2) is 6.39. The van der Waals surface area contributed by atoms with Gasteiger partial charge in [0.25, 0.3) is 0 Å². The summed E-state index contributed by atoms with van der Waals surface area (Å²) in [6.07, 6.45) is 2.56. The number of benzene rings is 1. The zero-order valence-electron chi connectivity index (χ0n) is 13.0. The quantitative estimate of drug-likeness (QED) is 0.910. The molecule has 0 fully saturated rings. The maximum absolute atomic E-state index is 12.1. The molecule has 6 heteroatoms. The fraction of sp³-hybridized carbons (Fsp3) is 0.375. The summed E-state index contributed by atoms with van der Waals surface area (Å²) in [6.45, 7) is 3.84. The summed E-state index contributed by atoms with van der Waals surface area (Å²) in [5, 5.41) is 20.1. The third-order valence-corrected chi connectivity index (χ3v) is 3.42. The minimum atomic E-state index is -0.535. The summed E-state index contributed by atoms with van der Waals surface area (Å²) < 4.78 is 0. The van der Waals surface area contributed by atoms with E-state index in [-0.39, 0.29) is 5.91 Å². The second-order valence-electron chi connectivity index (χ2n) is 5.69. The van der Waals surface area contributed by atoms with Gasteiger partial charge in [0.05, 0.1) is 29.1 Å². The summed E-state index contributed by atoms with van der Waals surface area (Å²) >= 11 is 0. The third kappa shape index (κ3) is 3.92. The molecule has 114 valence electrons. The van der Waals surface area contributed by atoms with Gasteiger partial charge in [-0.05, 0) is 31.5 Å². The normalized spacial score (nSPS) is 11.0. The van der Waals surface area contributed by atoms with Crippen molar-refractivity contribution in [3.8, 4) is 6.07 Å². The molecule has 0 aliphatic heterocycles. The van der Waals surface area contributed by atoms with Gasteiger partial charge >= 0.3 is 0 Å². The van der Waals surface area contributed by atoms with Crippen LogP contribution in [0.1, 0.15) is 37.1 Å². The number of hydrogen-bond acceptors (Lipinski definition) is 4. The summed E-state index contributed by atoms with van der Waals surface area (Å²) in [6, 6.07) is 9.38. The average molecular weight is 297 g/mol. The zero-order chi connectivity index (χ0) is 16.2. The Kier molecular flexibility index (Phi) is 4.56. The van der Waals surface area contributed by atoms with Gasteiger partial charge in [0.1, 0.15) is 0 Å². The van der Waals surface area contributed by atoms with Crippen LogP contribution in [0.15, 0.2) is 30.5 Å². The summed E-state index contributed by atoms with van der Waals surface area (Å²) in [7, 11) is 1.74. The van der Waals surface area contributed by atoms with Crippen LogP contribution in [0.4, 0.5) is 0 Å². The van der Waals surface area contributed by atoms with Crippen molar-refractivity contribution in [1.82, 2.24) is 20.3 Å². The molecule has 0 spiro atoms. The molecule has 6 nitrogen and oxygen atoms in total. The molecule has 0 atom stereocenters. The minimum absolute atomic E-state index is 0.0574. The Morgan fingerprint density at radius 2 is 2.23 bits per heavy atom. The topological polar surface area (TPSA) is 83.6 Å². The van der Waals surface area contributed by atoms with E-state index in [1.165, 1.54) is 4.80 Å². The highest BCUT2D eigenvalue weighted by molar-refractivity contribution is 5.77. The first-order valence-corrected chi connectivity index (χ1v) is 7.07. The van der Waals surface area contributed by atoms with Gasteiger partial charge in [-0.1, -0.05) is 12.1 Å². The Labute approximate surface area is 129 Å². The Hall–Kier alpha value is -2.68. The van der Waals surface area contributed by atoms with Gasteiger partial charge in [0.2, 0.25) is 5.91 Å². The summed E-state index contributed by atoms with van der Waals surface area (Å²) in [4.78, 5) is 13.6. The molecular weight excluding hydrogens is 278 g/mol. The fourth-order valence-corrected chi connectivity index (χ4v) is 2.20. The summed E-state index contributed by atoms with van der Waals surface area (Å²) in [5.41, 5.74) is 1.74. The van der Waals surface area contributed by atoms with Crippen LogP contribution in [0.25, 0.3) is 0 Å². The lowest BCUT2D eigenvalue weighted by Gasteiger charge is -2.27. The number of aryl methyl sites for hydroxylation is 2. The monoisotopic (exact) mass is 297 g/mol. The highest BCUT2D eigenvalue weighted by Crippen LogP contribution is 2.21. The van der Waals surface area contributed by atoms with Crippen molar-refractivity contribution in [3.63, 3.8) is 0 Å². The molecule has 0 aliphatic rings. The molecule has 0 saturated heterocycles. The zero-order valence-corrected chi connectivity index (χ0v) is 13.0. The molecule has 0 bridgehead atoms. The van der Waals surface area contributed by atoms with Crippen molar-refractivity contribution in [2.45, 2.75) is 32.2 Å². The van der Waals surface area contributed by atoms with E-state index in [1.807, 2.05) is 26.0 Å². The van der Waals surface area contributed by atoms with Crippen LogP contribution in [-0.4, -0.2) is 20.9 Å². The van der Waals surface area contributed by atoms with Crippen LogP contribution in [0.3, 0.4) is 0 Å². The Balaban J connectivity index is 1.98. The average Bonchev–Trinajstić information content (AvgIpc) is 2.90. The first-order valence-electron chi connectivity index (χ1n) is 7.07. The van der Waals surface area contributed by atoms with E-state index >= 15 is 0 Å². The number of amides is 1. The number of carbonyl (C=O) groups excluding carboxylic acids is 1. The number of carbonyl (C=O) groups is 1. The van der Waals surface area contributed by atoms with Crippen LogP contribution >= 0.6 is 0 Å². The largest absolute Gasteiger partial charge is 0.347 e. The molecule has 1 heterocycles. The van der Waals surface area contributed by atoms with Gasteiger partial charge < -0.3 is 5.32 Å². The van der Waals surface area contributed by atoms with E-state index in [1.54, 1.807) is 25.4 Å². The van der Waals surface area contributed by atoms with E-state index < -0.39 is 5.54 Å². The molecule has 1 aromatic heterocycles. The third-order valence-electron chi connectivity index (χ3n) is 3.42. The molecule has 2 aromatic rings. The van der Waals surface area contributed by atoms with Crippen molar-refractivity contribution in [2.75, 3.05) is 0 Å². The Morgan fingerprint density at radius 1 is 1.45 bits per heavy atom. The van der Waals surface area contributed by atoms with Gasteiger partial charge in [-0.15, -0.1) is 0 Å². The molecule has 1 aromatic carbocycles. The smallest absolute Gasteiger partial charge is 0.221 e. The number of aromatic nitrogens is 3. The number of nitriles is 1. The number of nitrogens with one attached hydrogen (secondary N) is 1. The molecule has 0 saturated carbocycles. The van der Waals surface area contributed by atoms with Gasteiger partial charge in [-0.25, -0.2) is 0 Å². The first-order chi connectivity index (χ1) is 10.4. The van der Waals surface area contributed by atoms with E-state index in [2.05, 4.69) is 21.6 Å². The van der Waals surface area contributed by atoms with Crippen molar-refractivity contribution in [3.05, 3.63) is 47.3 Å². The number of hydrogen-bond donors (Lipinski definition) is 1. The Bertz CT molecular complexity index is 711. The minimum Gasteiger partial charge on any atom is -0.347 e.